The van der Waals surface area contributed by atoms with E-state index in [9.17, 15) is 31.1 Å². The van der Waals surface area contributed by atoms with Gasteiger partial charge in [-0.05, 0) is 37.8 Å². The fraction of sp³-hybridized carbons (Fsp3) is 0.600. The maximum Gasteiger partial charge on any atom is 0.573 e. The molecule has 1 N–H and O–H groups in total. The molecule has 1 aromatic carbocycles. The molecule has 2 heterocycles. The van der Waals surface area contributed by atoms with Crippen LogP contribution in [0.4, 0.5) is 17.6 Å². The van der Waals surface area contributed by atoms with Gasteiger partial charge in [0.2, 0.25) is 0 Å². The number of alkyl halides is 3. The van der Waals surface area contributed by atoms with E-state index in [0.717, 1.165) is 18.6 Å². The number of rotatable bonds is 2. The molecule has 134 valence electrons. The lowest BCUT2D eigenvalue weighted by molar-refractivity contribution is -0.274. The molecule has 0 aliphatic carbocycles. The number of aliphatic hydroxyl groups is 1. The van der Waals surface area contributed by atoms with Crippen molar-refractivity contribution in [3.05, 3.63) is 29.6 Å². The summed E-state index contributed by atoms with van der Waals surface area (Å²) in [5.74, 6) is -1.77. The third-order valence-corrected chi connectivity index (χ3v) is 7.45. The van der Waals surface area contributed by atoms with Crippen molar-refractivity contribution in [3.8, 4) is 5.75 Å². The van der Waals surface area contributed by atoms with Gasteiger partial charge >= 0.3 is 6.36 Å². The largest absolute Gasteiger partial charge is 0.573 e. The van der Waals surface area contributed by atoms with Crippen LogP contribution in [0.3, 0.4) is 0 Å². The molecule has 0 amide bonds. The summed E-state index contributed by atoms with van der Waals surface area (Å²) in [5, 5.41) is 9.32. The molecule has 0 saturated carbocycles. The third kappa shape index (κ3) is 3.11. The second-order valence-electron chi connectivity index (χ2n) is 6.39. The number of hydrogen-bond acceptors (Lipinski definition) is 4. The van der Waals surface area contributed by atoms with Crippen molar-refractivity contribution < 1.29 is 35.8 Å². The van der Waals surface area contributed by atoms with Crippen molar-refractivity contribution in [2.75, 3.05) is 0 Å². The number of hydrogen-bond donors (Lipinski definition) is 1. The van der Waals surface area contributed by atoms with E-state index in [1.165, 1.54) is 0 Å². The van der Waals surface area contributed by atoms with Gasteiger partial charge in [-0.2, -0.15) is 0 Å². The molecular formula is C15H16F4O4S. The van der Waals surface area contributed by atoms with Crippen LogP contribution >= 0.6 is 0 Å². The number of sulfone groups is 1. The second kappa shape index (κ2) is 5.59. The van der Waals surface area contributed by atoms with E-state index in [4.69, 9.17) is 0 Å². The Kier molecular flexibility index (Phi) is 4.07. The molecule has 2 saturated heterocycles. The van der Waals surface area contributed by atoms with E-state index < -0.39 is 43.9 Å². The summed E-state index contributed by atoms with van der Waals surface area (Å²) in [6.45, 7) is 0. The normalized spacial score (nSPS) is 32.4. The van der Waals surface area contributed by atoms with Crippen LogP contribution in [0.5, 0.6) is 5.75 Å². The first-order valence-electron chi connectivity index (χ1n) is 7.52. The first-order valence-corrected chi connectivity index (χ1v) is 9.13. The molecule has 2 aliphatic rings. The van der Waals surface area contributed by atoms with E-state index in [-0.39, 0.29) is 18.4 Å². The standard InChI is InChI=1S/C15H16F4O4S/c16-13-6-9(23-15(17,18)19)4-5-12(13)14(20)7-10-2-1-3-11(8-14)24(10,21)22/h4-6,10-11,20H,1-3,7-8H2. The lowest BCUT2D eigenvalue weighted by Gasteiger charge is -2.44. The predicted molar refractivity (Wildman–Crippen MR) is 76.6 cm³/mol. The molecule has 2 atom stereocenters. The highest BCUT2D eigenvalue weighted by atomic mass is 32.2. The quantitative estimate of drug-likeness (QED) is 0.815. The highest BCUT2D eigenvalue weighted by molar-refractivity contribution is 7.92. The van der Waals surface area contributed by atoms with Gasteiger partial charge in [-0.15, -0.1) is 13.2 Å². The van der Waals surface area contributed by atoms with Gasteiger partial charge in [0.25, 0.3) is 0 Å². The highest BCUT2D eigenvalue weighted by Gasteiger charge is 2.51. The van der Waals surface area contributed by atoms with Crippen molar-refractivity contribution in [1.29, 1.82) is 0 Å². The van der Waals surface area contributed by atoms with E-state index in [2.05, 4.69) is 4.74 Å². The molecular weight excluding hydrogens is 352 g/mol. The smallest absolute Gasteiger partial charge is 0.406 e. The van der Waals surface area contributed by atoms with Crippen LogP contribution < -0.4 is 4.74 Å². The highest BCUT2D eigenvalue weighted by Crippen LogP contribution is 2.47. The summed E-state index contributed by atoms with van der Waals surface area (Å²) in [7, 11) is -3.35. The molecule has 0 spiro atoms. The van der Waals surface area contributed by atoms with Gasteiger partial charge in [-0.1, -0.05) is 6.42 Å². The van der Waals surface area contributed by atoms with E-state index in [0.29, 0.717) is 18.9 Å². The Morgan fingerprint density at radius 2 is 1.75 bits per heavy atom. The van der Waals surface area contributed by atoms with Crippen molar-refractivity contribution >= 4 is 9.84 Å². The molecule has 2 bridgehead atoms. The van der Waals surface area contributed by atoms with Gasteiger partial charge in [0.05, 0.1) is 16.1 Å². The Morgan fingerprint density at radius 1 is 1.17 bits per heavy atom. The van der Waals surface area contributed by atoms with Gasteiger partial charge in [0.1, 0.15) is 11.6 Å². The summed E-state index contributed by atoms with van der Waals surface area (Å²) in [6.07, 6.45) is -3.72. The average molecular weight is 368 g/mol. The summed E-state index contributed by atoms with van der Waals surface area (Å²) in [5.41, 5.74) is -1.90. The Balaban J connectivity index is 1.91. The number of benzene rings is 1. The summed E-state index contributed by atoms with van der Waals surface area (Å²) in [6, 6.07) is 2.51. The SMILES string of the molecule is O=S1(=O)C2CCCC1CC(O)(c1ccc(OC(F)(F)F)cc1F)C2. The molecule has 9 heteroatoms. The monoisotopic (exact) mass is 368 g/mol. The predicted octanol–water partition coefficient (Wildman–Crippen LogP) is 3.04. The lowest BCUT2D eigenvalue weighted by Crippen LogP contribution is -2.50. The van der Waals surface area contributed by atoms with E-state index >= 15 is 0 Å². The van der Waals surface area contributed by atoms with E-state index in [1.54, 1.807) is 0 Å². The minimum Gasteiger partial charge on any atom is -0.406 e. The van der Waals surface area contributed by atoms with Gasteiger partial charge in [-0.3, -0.25) is 0 Å². The van der Waals surface area contributed by atoms with Crippen LogP contribution in [-0.2, 0) is 15.4 Å². The minimum atomic E-state index is -4.94. The van der Waals surface area contributed by atoms with Crippen molar-refractivity contribution in [1.82, 2.24) is 0 Å². The number of fused-ring (bicyclic) bond motifs is 2. The van der Waals surface area contributed by atoms with Gasteiger partial charge in [-0.25, -0.2) is 12.8 Å². The minimum absolute atomic E-state index is 0.151. The third-order valence-electron chi connectivity index (χ3n) is 4.79. The Labute approximate surface area is 136 Å². The Bertz CT molecular complexity index is 724. The van der Waals surface area contributed by atoms with Crippen LogP contribution in [0.25, 0.3) is 0 Å². The first kappa shape index (κ1) is 17.5. The molecule has 24 heavy (non-hydrogen) atoms. The Hall–Kier alpha value is -1.35. The van der Waals surface area contributed by atoms with Crippen molar-refractivity contribution in [2.24, 2.45) is 0 Å². The van der Waals surface area contributed by atoms with Gasteiger partial charge in [0, 0.05) is 11.6 Å². The van der Waals surface area contributed by atoms with Crippen molar-refractivity contribution in [3.63, 3.8) is 0 Å². The van der Waals surface area contributed by atoms with Crippen LogP contribution in [0.2, 0.25) is 0 Å². The second-order valence-corrected chi connectivity index (χ2v) is 8.90. The molecule has 0 aromatic heterocycles. The number of ether oxygens (including phenoxy) is 1. The zero-order valence-corrected chi connectivity index (χ0v) is 13.3. The summed E-state index contributed by atoms with van der Waals surface area (Å²) < 4.78 is 79.0. The van der Waals surface area contributed by atoms with Crippen molar-refractivity contribution in [2.45, 2.75) is 54.6 Å². The number of halogens is 4. The van der Waals surface area contributed by atoms with E-state index in [1.807, 2.05) is 0 Å². The molecule has 2 unspecified atom stereocenters. The molecule has 3 rings (SSSR count). The van der Waals surface area contributed by atoms with Crippen LogP contribution in [0.1, 0.15) is 37.7 Å². The average Bonchev–Trinajstić information content (AvgIpc) is 2.39. The molecule has 2 fully saturated rings. The van der Waals surface area contributed by atoms with Crippen LogP contribution in [-0.4, -0.2) is 30.4 Å². The van der Waals surface area contributed by atoms with Crippen LogP contribution in [0.15, 0.2) is 18.2 Å². The van der Waals surface area contributed by atoms with Gasteiger partial charge < -0.3 is 9.84 Å². The fourth-order valence-corrected chi connectivity index (χ4v) is 6.29. The maximum absolute atomic E-state index is 14.3. The zero-order valence-electron chi connectivity index (χ0n) is 12.5. The first-order chi connectivity index (χ1) is 11.0. The maximum atomic E-state index is 14.3. The molecule has 4 nitrogen and oxygen atoms in total. The fourth-order valence-electron chi connectivity index (χ4n) is 3.74. The van der Waals surface area contributed by atoms with Crippen LogP contribution in [0, 0.1) is 5.82 Å². The van der Waals surface area contributed by atoms with Gasteiger partial charge in [0.15, 0.2) is 9.84 Å². The summed E-state index contributed by atoms with van der Waals surface area (Å²) >= 11 is 0. The summed E-state index contributed by atoms with van der Waals surface area (Å²) in [4.78, 5) is 0. The molecule has 2 aliphatic heterocycles. The molecule has 0 radical (unpaired) electrons. The topological polar surface area (TPSA) is 63.6 Å². The molecule has 1 aromatic rings. The zero-order chi connectivity index (χ0) is 17.8. The Morgan fingerprint density at radius 3 is 2.25 bits per heavy atom. The lowest BCUT2D eigenvalue weighted by atomic mass is 9.80.